The molecule has 0 unspecified atom stereocenters. The van der Waals surface area contributed by atoms with Crippen LogP contribution in [0.3, 0.4) is 0 Å². The Labute approximate surface area is 139 Å². The van der Waals surface area contributed by atoms with Gasteiger partial charge in [0.25, 0.3) is 0 Å². The minimum atomic E-state index is -0.424. The van der Waals surface area contributed by atoms with Crippen molar-refractivity contribution in [3.05, 3.63) is 0 Å². The molecule has 3 heterocycles. The molecule has 0 radical (unpaired) electrons. The summed E-state index contributed by atoms with van der Waals surface area (Å²) in [5.74, 6) is 0. The van der Waals surface area contributed by atoms with Crippen molar-refractivity contribution in [2.45, 2.75) is 82.9 Å². The maximum Gasteiger partial charge on any atom is 0.457 e. The first-order valence-electron chi connectivity index (χ1n) is 9.03. The van der Waals surface area contributed by atoms with Crippen LogP contribution in [0.25, 0.3) is 0 Å². The molecule has 3 rings (SSSR count). The highest BCUT2D eigenvalue weighted by molar-refractivity contribution is 6.45. The molecule has 0 aromatic heterocycles. The van der Waals surface area contributed by atoms with Gasteiger partial charge in [-0.3, -0.25) is 0 Å². The predicted molar refractivity (Wildman–Crippen MR) is 87.2 cm³/mol. The summed E-state index contributed by atoms with van der Waals surface area (Å²) in [5.41, 5.74) is 0. The second-order valence-electron chi connectivity index (χ2n) is 6.56. The average Bonchev–Trinajstić information content (AvgIpc) is 3.01. The van der Waals surface area contributed by atoms with Crippen molar-refractivity contribution in [1.82, 2.24) is 0 Å². The van der Waals surface area contributed by atoms with Gasteiger partial charge >= 0.3 is 14.2 Å². The molecule has 130 valence electrons. The second-order valence-corrected chi connectivity index (χ2v) is 6.56. The van der Waals surface area contributed by atoms with Gasteiger partial charge < -0.3 is 28.1 Å². The Hall–Kier alpha value is -0.110. The molecule has 23 heavy (non-hydrogen) atoms. The summed E-state index contributed by atoms with van der Waals surface area (Å²) in [6.45, 7) is 4.85. The second kappa shape index (κ2) is 8.32. The van der Waals surface area contributed by atoms with Gasteiger partial charge in [0, 0.05) is 7.11 Å². The normalized spacial score (nSPS) is 36.9. The van der Waals surface area contributed by atoms with Crippen molar-refractivity contribution in [3.63, 3.8) is 0 Å². The average molecular weight is 326 g/mol. The van der Waals surface area contributed by atoms with Crippen molar-refractivity contribution in [2.24, 2.45) is 0 Å². The summed E-state index contributed by atoms with van der Waals surface area (Å²) in [6.07, 6.45) is 5.13. The summed E-state index contributed by atoms with van der Waals surface area (Å²) in [6, 6.07) is 0. The van der Waals surface area contributed by atoms with Crippen molar-refractivity contribution in [3.8, 4) is 0 Å². The highest BCUT2D eigenvalue weighted by atomic mass is 16.8. The standard InChI is InChI=1S/C15H28B2O6/c1-4-6-8-16-19-10-11-12(21-16)13-14(15(18-3)20-11)23-17(22-13)9-7-5-2/h11-15H,4-10H2,1-3H3/t11-,12-,13+,14+,15+/m1/s1. The SMILES string of the molecule is CCCCB1O[C@@H]2[C@H](O1)[C@@H](OC)O[C@@H]1COB(CCCC)O[C@@H]21. The fourth-order valence-electron chi connectivity index (χ4n) is 3.49. The summed E-state index contributed by atoms with van der Waals surface area (Å²) in [5, 5.41) is 0. The van der Waals surface area contributed by atoms with Crippen LogP contribution in [0.5, 0.6) is 0 Å². The van der Waals surface area contributed by atoms with E-state index >= 15 is 0 Å². The number of methoxy groups -OCH3 is 1. The number of ether oxygens (including phenoxy) is 2. The van der Waals surface area contributed by atoms with E-state index in [2.05, 4.69) is 13.8 Å². The van der Waals surface area contributed by atoms with E-state index in [-0.39, 0.29) is 38.7 Å². The molecule has 0 aromatic rings. The number of hydrogen-bond acceptors (Lipinski definition) is 6. The molecular formula is C15H28B2O6. The van der Waals surface area contributed by atoms with E-state index in [9.17, 15) is 0 Å². The third-order valence-electron chi connectivity index (χ3n) is 4.78. The largest absolute Gasteiger partial charge is 0.457 e. The molecule has 0 spiro atoms. The van der Waals surface area contributed by atoms with Gasteiger partial charge in [0.15, 0.2) is 6.29 Å². The Morgan fingerprint density at radius 2 is 1.57 bits per heavy atom. The first kappa shape index (κ1) is 17.7. The van der Waals surface area contributed by atoms with Crippen LogP contribution in [0.15, 0.2) is 0 Å². The smallest absolute Gasteiger partial charge is 0.408 e. The molecule has 0 saturated carbocycles. The molecule has 0 aliphatic carbocycles. The van der Waals surface area contributed by atoms with Crippen LogP contribution >= 0.6 is 0 Å². The highest BCUT2D eigenvalue weighted by Gasteiger charge is 2.56. The molecule has 8 heteroatoms. The molecule has 0 amide bonds. The number of unbranched alkanes of at least 4 members (excludes halogenated alkanes) is 2. The first-order chi connectivity index (χ1) is 11.3. The molecule has 3 aliphatic heterocycles. The monoisotopic (exact) mass is 326 g/mol. The van der Waals surface area contributed by atoms with Gasteiger partial charge in [-0.05, 0) is 12.6 Å². The van der Waals surface area contributed by atoms with Crippen molar-refractivity contribution in [2.75, 3.05) is 13.7 Å². The number of hydrogen-bond donors (Lipinski definition) is 0. The Morgan fingerprint density at radius 1 is 0.913 bits per heavy atom. The molecule has 5 atom stereocenters. The maximum atomic E-state index is 6.16. The fraction of sp³-hybridized carbons (Fsp3) is 1.00. The van der Waals surface area contributed by atoms with Crippen LogP contribution in [0, 0.1) is 0 Å². The van der Waals surface area contributed by atoms with E-state index < -0.39 is 6.29 Å². The summed E-state index contributed by atoms with van der Waals surface area (Å²) < 4.78 is 35.6. The van der Waals surface area contributed by atoms with E-state index in [0.717, 1.165) is 38.3 Å². The maximum absolute atomic E-state index is 6.16. The lowest BCUT2D eigenvalue weighted by atomic mass is 9.79. The Balaban J connectivity index is 1.65. The number of rotatable bonds is 7. The zero-order valence-corrected chi connectivity index (χ0v) is 14.4. The summed E-state index contributed by atoms with van der Waals surface area (Å²) in [7, 11) is 1.28. The molecule has 6 nitrogen and oxygen atoms in total. The van der Waals surface area contributed by atoms with Gasteiger partial charge in [-0.15, -0.1) is 0 Å². The van der Waals surface area contributed by atoms with Gasteiger partial charge in [0.1, 0.15) is 12.2 Å². The van der Waals surface area contributed by atoms with Crippen molar-refractivity contribution < 1.29 is 28.1 Å². The first-order valence-corrected chi connectivity index (χ1v) is 9.03. The third kappa shape index (κ3) is 3.94. The van der Waals surface area contributed by atoms with E-state index in [0.29, 0.717) is 6.61 Å². The van der Waals surface area contributed by atoms with E-state index in [1.165, 1.54) is 0 Å². The molecule has 0 bridgehead atoms. The van der Waals surface area contributed by atoms with Gasteiger partial charge in [-0.1, -0.05) is 39.5 Å². The fourth-order valence-corrected chi connectivity index (χ4v) is 3.49. The van der Waals surface area contributed by atoms with Crippen LogP contribution in [0.1, 0.15) is 39.5 Å². The van der Waals surface area contributed by atoms with Gasteiger partial charge in [-0.25, -0.2) is 0 Å². The van der Waals surface area contributed by atoms with E-state index in [4.69, 9.17) is 28.1 Å². The minimum Gasteiger partial charge on any atom is -0.408 e. The zero-order chi connectivity index (χ0) is 16.2. The molecule has 0 aromatic carbocycles. The Kier molecular flexibility index (Phi) is 6.40. The lowest BCUT2D eigenvalue weighted by molar-refractivity contribution is -0.276. The van der Waals surface area contributed by atoms with E-state index in [1.807, 2.05) is 0 Å². The van der Waals surface area contributed by atoms with Crippen LogP contribution in [-0.2, 0) is 28.1 Å². The van der Waals surface area contributed by atoms with Gasteiger partial charge in [0.05, 0.1) is 18.8 Å². The zero-order valence-electron chi connectivity index (χ0n) is 14.4. The summed E-state index contributed by atoms with van der Waals surface area (Å²) in [4.78, 5) is 0. The third-order valence-corrected chi connectivity index (χ3v) is 4.78. The Morgan fingerprint density at radius 3 is 2.26 bits per heavy atom. The summed E-state index contributed by atoms with van der Waals surface area (Å²) >= 11 is 0. The Bertz CT molecular complexity index is 374. The van der Waals surface area contributed by atoms with Gasteiger partial charge in [-0.2, -0.15) is 0 Å². The topological polar surface area (TPSA) is 55.4 Å². The number of fused-ring (bicyclic) bond motifs is 3. The van der Waals surface area contributed by atoms with E-state index in [1.54, 1.807) is 7.11 Å². The lowest BCUT2D eigenvalue weighted by Crippen LogP contribution is -2.62. The quantitative estimate of drug-likeness (QED) is 0.668. The van der Waals surface area contributed by atoms with Crippen molar-refractivity contribution in [1.29, 1.82) is 0 Å². The minimum absolute atomic E-state index is 0.145. The molecule has 3 aliphatic rings. The lowest BCUT2D eigenvalue weighted by Gasteiger charge is -2.45. The highest BCUT2D eigenvalue weighted by Crippen LogP contribution is 2.37. The van der Waals surface area contributed by atoms with Crippen LogP contribution in [0.2, 0.25) is 12.6 Å². The van der Waals surface area contributed by atoms with Crippen LogP contribution < -0.4 is 0 Å². The van der Waals surface area contributed by atoms with Crippen molar-refractivity contribution >= 4 is 14.2 Å². The van der Waals surface area contributed by atoms with Crippen LogP contribution in [0.4, 0.5) is 0 Å². The predicted octanol–water partition coefficient (Wildman–Crippen LogP) is 2.13. The van der Waals surface area contributed by atoms with Gasteiger partial charge in [0.2, 0.25) is 0 Å². The molecule has 3 fully saturated rings. The molecule has 3 saturated heterocycles. The molecule has 0 N–H and O–H groups in total. The molecular weight excluding hydrogens is 298 g/mol. The van der Waals surface area contributed by atoms with Crippen LogP contribution in [-0.4, -0.2) is 58.7 Å².